The van der Waals surface area contributed by atoms with Crippen molar-refractivity contribution in [1.29, 1.82) is 0 Å². The molecule has 1 N–H and O–H groups in total. The highest BCUT2D eigenvalue weighted by Gasteiger charge is 2.10. The van der Waals surface area contributed by atoms with Gasteiger partial charge in [0.2, 0.25) is 0 Å². The minimum absolute atomic E-state index is 0.242. The van der Waals surface area contributed by atoms with E-state index in [9.17, 15) is 4.79 Å². The Bertz CT molecular complexity index is 1410. The van der Waals surface area contributed by atoms with Crippen LogP contribution in [0.25, 0.3) is 34.5 Å². The summed E-state index contributed by atoms with van der Waals surface area (Å²) in [4.78, 5) is 15.3. The van der Waals surface area contributed by atoms with Crippen LogP contribution in [0.5, 0.6) is 5.75 Å². The summed E-state index contributed by atoms with van der Waals surface area (Å²) in [6, 6.07) is 22.0. The van der Waals surface area contributed by atoms with Crippen molar-refractivity contribution in [3.8, 4) is 28.1 Å². The highest BCUT2D eigenvalue weighted by molar-refractivity contribution is 6.36. The number of halogens is 2. The predicted octanol–water partition coefficient (Wildman–Crippen LogP) is 9.13. The number of aliphatic carboxylic acids is 1. The van der Waals surface area contributed by atoms with Crippen molar-refractivity contribution >= 4 is 41.3 Å². The Hall–Kier alpha value is -3.54. The lowest BCUT2D eigenvalue weighted by molar-refractivity contribution is -0.137. The summed E-state index contributed by atoms with van der Waals surface area (Å²) in [5.41, 5.74) is 5.01. The maximum absolute atomic E-state index is 10.5. The molecule has 0 saturated heterocycles. The molecule has 4 rings (SSSR count). The average Bonchev–Trinajstić information content (AvgIpc) is 3.35. The fourth-order valence-electron chi connectivity index (χ4n) is 4.27. The van der Waals surface area contributed by atoms with E-state index in [2.05, 4.69) is 54.0 Å². The number of carboxylic acid groups (broad SMARTS) is 1. The average molecular weight is 564 g/mol. The predicted molar refractivity (Wildman–Crippen MR) is 160 cm³/mol. The van der Waals surface area contributed by atoms with Gasteiger partial charge in [-0.15, -0.1) is 0 Å². The number of carboxylic acids is 1. The first-order valence-electron chi connectivity index (χ1n) is 13.2. The first kappa shape index (κ1) is 28.5. The molecule has 202 valence electrons. The minimum Gasteiger partial charge on any atom is -0.494 e. The molecule has 0 aliphatic rings. The van der Waals surface area contributed by atoms with Crippen LogP contribution in [0.2, 0.25) is 10.0 Å². The molecule has 0 fully saturated rings. The van der Waals surface area contributed by atoms with Crippen LogP contribution in [0.1, 0.15) is 50.4 Å². The van der Waals surface area contributed by atoms with E-state index in [0.29, 0.717) is 16.7 Å². The monoisotopic (exact) mass is 562 g/mol. The molecule has 0 unspecified atom stereocenters. The van der Waals surface area contributed by atoms with E-state index < -0.39 is 5.97 Å². The highest BCUT2D eigenvalue weighted by atomic mass is 35.5. The van der Waals surface area contributed by atoms with Gasteiger partial charge in [0, 0.05) is 29.7 Å². The second-order valence-corrected chi connectivity index (χ2v) is 10.1. The van der Waals surface area contributed by atoms with E-state index in [1.54, 1.807) is 6.07 Å². The first-order valence-corrected chi connectivity index (χ1v) is 13.9. The number of ether oxygens (including phenoxy) is 1. The van der Waals surface area contributed by atoms with Gasteiger partial charge in [0.25, 0.3) is 0 Å². The summed E-state index contributed by atoms with van der Waals surface area (Å²) in [7, 11) is 0. The Labute approximate surface area is 239 Å². The second kappa shape index (κ2) is 14.0. The molecule has 0 bridgehead atoms. The third-order valence-electron chi connectivity index (χ3n) is 6.43. The lowest BCUT2D eigenvalue weighted by atomic mass is 10.0. The van der Waals surface area contributed by atoms with Crippen LogP contribution in [0.15, 0.2) is 72.9 Å². The van der Waals surface area contributed by atoms with Gasteiger partial charge in [-0.05, 0) is 72.9 Å². The van der Waals surface area contributed by atoms with Crippen molar-refractivity contribution in [3.05, 3.63) is 94.4 Å². The maximum atomic E-state index is 10.5. The molecule has 0 aliphatic carbocycles. The lowest BCUT2D eigenvalue weighted by Gasteiger charge is -2.08. The Kier molecular flexibility index (Phi) is 10.2. The van der Waals surface area contributed by atoms with Gasteiger partial charge in [-0.1, -0.05) is 78.5 Å². The summed E-state index contributed by atoms with van der Waals surface area (Å²) < 4.78 is 7.92. The molecule has 0 atom stereocenters. The van der Waals surface area contributed by atoms with Crippen molar-refractivity contribution in [2.45, 2.75) is 45.6 Å². The largest absolute Gasteiger partial charge is 0.494 e. The lowest BCUT2D eigenvalue weighted by Crippen LogP contribution is -1.98. The molecular weight excluding hydrogens is 531 g/mol. The summed E-state index contributed by atoms with van der Waals surface area (Å²) in [6.45, 7) is 3.52. The normalized spacial score (nSPS) is 11.3. The van der Waals surface area contributed by atoms with Crippen molar-refractivity contribution in [1.82, 2.24) is 9.55 Å². The second-order valence-electron chi connectivity index (χ2n) is 9.28. The van der Waals surface area contributed by atoms with Crippen LogP contribution in [-0.2, 0) is 11.3 Å². The third-order valence-corrected chi connectivity index (χ3v) is 6.98. The molecule has 0 radical (unpaired) electrons. The van der Waals surface area contributed by atoms with Gasteiger partial charge < -0.3 is 14.4 Å². The van der Waals surface area contributed by atoms with Gasteiger partial charge in [0.15, 0.2) is 0 Å². The number of aryl methyl sites for hydroxylation is 1. The van der Waals surface area contributed by atoms with E-state index in [0.717, 1.165) is 71.7 Å². The molecule has 0 aliphatic heterocycles. The number of imidazole rings is 1. The van der Waals surface area contributed by atoms with E-state index in [1.807, 2.05) is 36.5 Å². The van der Waals surface area contributed by atoms with Crippen LogP contribution in [-0.4, -0.2) is 27.2 Å². The van der Waals surface area contributed by atoms with Crippen LogP contribution in [0.3, 0.4) is 0 Å². The fraction of sp³-hybridized carbons (Fsp3) is 0.250. The van der Waals surface area contributed by atoms with Crippen LogP contribution >= 0.6 is 23.2 Å². The quantitative estimate of drug-likeness (QED) is 0.165. The Morgan fingerprint density at radius 1 is 0.923 bits per heavy atom. The number of nitrogens with zero attached hydrogens (tertiary/aromatic N) is 2. The molecule has 7 heteroatoms. The van der Waals surface area contributed by atoms with Gasteiger partial charge >= 0.3 is 5.97 Å². The molecule has 0 amide bonds. The van der Waals surface area contributed by atoms with E-state index in [4.69, 9.17) is 38.0 Å². The molecule has 0 saturated carbocycles. The molecule has 0 spiro atoms. The highest BCUT2D eigenvalue weighted by Crippen LogP contribution is 2.30. The molecule has 4 aromatic rings. The van der Waals surface area contributed by atoms with Gasteiger partial charge in [0.05, 0.1) is 17.3 Å². The zero-order valence-electron chi connectivity index (χ0n) is 21.9. The van der Waals surface area contributed by atoms with E-state index in [1.165, 1.54) is 0 Å². The third kappa shape index (κ3) is 8.22. The maximum Gasteiger partial charge on any atom is 0.303 e. The minimum atomic E-state index is -0.729. The fourth-order valence-corrected chi connectivity index (χ4v) is 4.77. The number of unbranched alkanes of at least 4 members (excludes halogenated alkanes) is 3. The van der Waals surface area contributed by atoms with Crippen molar-refractivity contribution < 1.29 is 14.6 Å². The molecule has 39 heavy (non-hydrogen) atoms. The van der Waals surface area contributed by atoms with Crippen LogP contribution in [0, 0.1) is 0 Å². The summed E-state index contributed by atoms with van der Waals surface area (Å²) in [5, 5.41) is 9.86. The molecule has 1 aromatic heterocycles. The Morgan fingerprint density at radius 3 is 2.28 bits per heavy atom. The van der Waals surface area contributed by atoms with Crippen LogP contribution < -0.4 is 4.74 Å². The van der Waals surface area contributed by atoms with Gasteiger partial charge in [0.1, 0.15) is 11.6 Å². The number of rotatable bonds is 13. The number of carbonyl (C=O) groups is 1. The van der Waals surface area contributed by atoms with Crippen molar-refractivity contribution in [2.75, 3.05) is 6.61 Å². The summed E-state index contributed by atoms with van der Waals surface area (Å²) in [6.07, 6.45) is 9.87. The molecular formula is C32H32Cl2N2O3. The van der Waals surface area contributed by atoms with E-state index >= 15 is 0 Å². The Morgan fingerprint density at radius 2 is 1.62 bits per heavy atom. The van der Waals surface area contributed by atoms with Gasteiger partial charge in [-0.3, -0.25) is 4.79 Å². The smallest absolute Gasteiger partial charge is 0.303 e. The van der Waals surface area contributed by atoms with Crippen molar-refractivity contribution in [3.63, 3.8) is 0 Å². The van der Waals surface area contributed by atoms with Gasteiger partial charge in [-0.25, -0.2) is 4.98 Å². The zero-order chi connectivity index (χ0) is 27.6. The zero-order valence-corrected chi connectivity index (χ0v) is 23.5. The molecule has 1 heterocycles. The topological polar surface area (TPSA) is 64.4 Å². The Balaban J connectivity index is 1.33. The standard InChI is InChI=1S/C32H32Cl2N2O3/c1-2-36-22-30(28-18-15-26(33)21-29(28)34)35-31(36)19-10-23-8-11-24(12-9-23)25-13-16-27(17-14-25)39-20-6-4-3-5-7-32(37)38/h8-19,21-22H,2-7,20H2,1H3,(H,37,38)/b19-10+. The van der Waals surface area contributed by atoms with Crippen LogP contribution in [0.4, 0.5) is 0 Å². The molecule has 3 aromatic carbocycles. The number of benzene rings is 3. The van der Waals surface area contributed by atoms with E-state index in [-0.39, 0.29) is 6.42 Å². The summed E-state index contributed by atoms with van der Waals surface area (Å²) >= 11 is 12.4. The number of aromatic nitrogens is 2. The SMILES string of the molecule is CCn1cc(-c2ccc(Cl)cc2Cl)nc1/C=C/c1ccc(-c2ccc(OCCCCCCC(=O)O)cc2)cc1. The number of hydrogen-bond acceptors (Lipinski definition) is 3. The summed E-state index contributed by atoms with van der Waals surface area (Å²) in [5.74, 6) is 0.973. The first-order chi connectivity index (χ1) is 18.9. The van der Waals surface area contributed by atoms with Crippen molar-refractivity contribution in [2.24, 2.45) is 0 Å². The number of hydrogen-bond donors (Lipinski definition) is 1. The molecule has 5 nitrogen and oxygen atoms in total. The van der Waals surface area contributed by atoms with Gasteiger partial charge in [-0.2, -0.15) is 0 Å².